The first-order valence-corrected chi connectivity index (χ1v) is 16.3. The van der Waals surface area contributed by atoms with Crippen LogP contribution in [-0.2, 0) is 15.9 Å². The maximum atomic E-state index is 12.3. The summed E-state index contributed by atoms with van der Waals surface area (Å²) in [6.07, 6.45) is 2.53. The van der Waals surface area contributed by atoms with Gasteiger partial charge in [-0.1, -0.05) is 6.07 Å². The van der Waals surface area contributed by atoms with Gasteiger partial charge in [-0.15, -0.1) is 0 Å². The zero-order chi connectivity index (χ0) is 33.3. The van der Waals surface area contributed by atoms with Crippen molar-refractivity contribution in [1.82, 2.24) is 25.1 Å². The van der Waals surface area contributed by atoms with Crippen LogP contribution >= 0.6 is 0 Å². The van der Waals surface area contributed by atoms with Gasteiger partial charge >= 0.3 is 6.09 Å². The van der Waals surface area contributed by atoms with Crippen LogP contribution in [0.25, 0.3) is 10.9 Å². The molecule has 2 aromatic heterocycles. The van der Waals surface area contributed by atoms with Crippen molar-refractivity contribution in [1.29, 1.82) is 5.26 Å². The molecule has 6 rings (SSSR count). The van der Waals surface area contributed by atoms with E-state index in [1.165, 1.54) is 5.56 Å². The van der Waals surface area contributed by atoms with Crippen molar-refractivity contribution >= 4 is 28.5 Å². The number of nitrogens with one attached hydrogen (secondary N) is 1. The number of rotatable bonds is 7. The highest BCUT2D eigenvalue weighted by molar-refractivity contribution is 5.95. The molecule has 0 spiro atoms. The molecule has 1 aromatic carbocycles. The molecule has 1 N–H and O–H groups in total. The quantitative estimate of drug-likeness (QED) is 0.417. The van der Waals surface area contributed by atoms with Crippen LogP contribution in [0.4, 0.5) is 16.3 Å². The van der Waals surface area contributed by atoms with Crippen molar-refractivity contribution in [2.45, 2.75) is 63.9 Å². The molecule has 0 bridgehead atoms. The number of hydrogen-bond acceptors (Lipinski definition) is 10. The van der Waals surface area contributed by atoms with Gasteiger partial charge in [-0.3, -0.25) is 14.8 Å². The van der Waals surface area contributed by atoms with Crippen LogP contribution in [0.2, 0.25) is 0 Å². The molecule has 0 saturated carbocycles. The van der Waals surface area contributed by atoms with E-state index in [2.05, 4.69) is 55.0 Å². The highest BCUT2D eigenvalue weighted by atomic mass is 16.6. The smallest absolute Gasteiger partial charge is 0.408 e. The standard InChI is InChI=1S/C35H46N8O3/c1-24-19-42(30-10-9-26(17-36)33-28(30)7-6-13-37-33)21-27-20-41(15-16-43(24)27)32-11-8-25(18-38-32)12-14-40-22-29(31(23-40)45-5)39-34(44)46-35(2,3)4/h6-11,13,18,24,27,29,31H,12,14-16,19-23H2,1-5H3,(H,39,44)/t24-,27+,29+,31+/m1/s1/i13D. The predicted octanol–water partition coefficient (Wildman–Crippen LogP) is 3.67. The first-order chi connectivity index (χ1) is 22.5. The van der Waals surface area contributed by atoms with Gasteiger partial charge in [-0.05, 0) is 70.0 Å². The lowest BCUT2D eigenvalue weighted by atomic mass is 10.0. The molecule has 3 aliphatic heterocycles. The van der Waals surface area contributed by atoms with Gasteiger partial charge in [0, 0.05) is 95.0 Å². The van der Waals surface area contributed by atoms with Crippen LogP contribution in [0, 0.1) is 11.3 Å². The Morgan fingerprint density at radius 3 is 2.65 bits per heavy atom. The SMILES string of the molecule is [2H]c1ccc2c(N3C[C@@H]4CN(c5ccc(CCN6C[C@H](NC(=O)OC(C)(C)C)[C@@H](OC)C6)cn5)CCN4[C@H](C)C3)ccc(C#N)c2n1. The minimum absolute atomic E-state index is 0.0801. The molecular formula is C35H46N8O3. The Morgan fingerprint density at radius 1 is 1.09 bits per heavy atom. The topological polar surface area (TPSA) is 110 Å². The van der Waals surface area contributed by atoms with E-state index >= 15 is 0 Å². The Morgan fingerprint density at radius 2 is 1.91 bits per heavy atom. The number of carbonyl (C=O) groups excluding carboxylic acids is 1. The van der Waals surface area contributed by atoms with Gasteiger partial charge in [-0.25, -0.2) is 9.78 Å². The number of aromatic nitrogens is 2. The van der Waals surface area contributed by atoms with Crippen molar-refractivity contribution in [2.75, 3.05) is 69.3 Å². The Balaban J connectivity index is 1.06. The van der Waals surface area contributed by atoms with E-state index in [0.717, 1.165) is 69.1 Å². The molecule has 46 heavy (non-hydrogen) atoms. The maximum Gasteiger partial charge on any atom is 0.408 e. The molecular weight excluding hydrogens is 580 g/mol. The number of ether oxygens (including phenoxy) is 2. The number of pyridine rings is 2. The number of likely N-dealkylation sites (tertiary alicyclic amines) is 1. The summed E-state index contributed by atoms with van der Waals surface area (Å²) < 4.78 is 19.1. The number of nitriles is 1. The number of nitrogens with zero attached hydrogens (tertiary/aromatic N) is 7. The lowest BCUT2D eigenvalue weighted by Crippen LogP contribution is -2.65. The van der Waals surface area contributed by atoms with Gasteiger partial charge in [-0.2, -0.15) is 5.26 Å². The lowest BCUT2D eigenvalue weighted by Gasteiger charge is -2.51. The highest BCUT2D eigenvalue weighted by Gasteiger charge is 2.37. The lowest BCUT2D eigenvalue weighted by molar-refractivity contribution is 0.0415. The molecule has 0 unspecified atom stereocenters. The number of amides is 1. The summed E-state index contributed by atoms with van der Waals surface area (Å²) in [6.45, 7) is 14.7. The second-order valence-electron chi connectivity index (χ2n) is 13.7. The third-order valence-corrected chi connectivity index (χ3v) is 9.36. The molecule has 3 fully saturated rings. The Bertz CT molecular complexity index is 1620. The van der Waals surface area contributed by atoms with Crippen LogP contribution in [0.3, 0.4) is 0 Å². The van der Waals surface area contributed by atoms with Crippen LogP contribution in [-0.4, -0.2) is 115 Å². The van der Waals surface area contributed by atoms with Crippen LogP contribution in [0.5, 0.6) is 0 Å². The fourth-order valence-corrected chi connectivity index (χ4v) is 7.15. The largest absolute Gasteiger partial charge is 0.444 e. The predicted molar refractivity (Wildman–Crippen MR) is 179 cm³/mol. The number of methoxy groups -OCH3 is 1. The minimum Gasteiger partial charge on any atom is -0.444 e. The zero-order valence-electron chi connectivity index (χ0n) is 28.6. The van der Waals surface area contributed by atoms with E-state index in [9.17, 15) is 10.1 Å². The molecule has 3 aromatic rings. The van der Waals surface area contributed by atoms with E-state index in [1.807, 2.05) is 45.2 Å². The summed E-state index contributed by atoms with van der Waals surface area (Å²) in [5, 5.41) is 13.5. The Kier molecular flexibility index (Phi) is 8.93. The molecule has 3 saturated heterocycles. The fourth-order valence-electron chi connectivity index (χ4n) is 7.15. The molecule has 4 atom stereocenters. The van der Waals surface area contributed by atoms with E-state index in [0.29, 0.717) is 29.7 Å². The second kappa shape index (κ2) is 13.4. The maximum absolute atomic E-state index is 12.3. The first kappa shape index (κ1) is 30.7. The van der Waals surface area contributed by atoms with Crippen molar-refractivity contribution in [3.8, 4) is 6.07 Å². The van der Waals surface area contributed by atoms with Crippen molar-refractivity contribution in [2.24, 2.45) is 0 Å². The second-order valence-corrected chi connectivity index (χ2v) is 13.7. The van der Waals surface area contributed by atoms with Crippen LogP contribution in [0.15, 0.2) is 48.8 Å². The van der Waals surface area contributed by atoms with Crippen LogP contribution < -0.4 is 15.1 Å². The van der Waals surface area contributed by atoms with Crippen molar-refractivity contribution in [3.63, 3.8) is 0 Å². The van der Waals surface area contributed by atoms with E-state index in [4.69, 9.17) is 15.8 Å². The average Bonchev–Trinajstić information content (AvgIpc) is 3.43. The Hall–Kier alpha value is -3.98. The molecule has 0 aliphatic carbocycles. The summed E-state index contributed by atoms with van der Waals surface area (Å²) in [5.41, 5.74) is 2.81. The number of fused-ring (bicyclic) bond motifs is 2. The zero-order valence-corrected chi connectivity index (χ0v) is 27.6. The normalized spacial score (nSPS) is 24.4. The number of hydrogen-bond donors (Lipinski definition) is 1. The van der Waals surface area contributed by atoms with Gasteiger partial charge in [0.25, 0.3) is 0 Å². The summed E-state index contributed by atoms with van der Waals surface area (Å²) in [7, 11) is 1.69. The number of benzene rings is 1. The molecule has 0 radical (unpaired) electrons. The summed E-state index contributed by atoms with van der Waals surface area (Å²) in [5.74, 6) is 0.997. The fraction of sp³-hybridized carbons (Fsp3) is 0.543. The average molecular weight is 628 g/mol. The molecule has 5 heterocycles. The van der Waals surface area contributed by atoms with E-state index in [1.54, 1.807) is 13.2 Å². The summed E-state index contributed by atoms with van der Waals surface area (Å²) in [6, 6.07) is 14.6. The number of anilines is 2. The number of alkyl carbamates (subject to hydrolysis) is 1. The molecule has 3 aliphatic rings. The van der Waals surface area contributed by atoms with Crippen LogP contribution in [0.1, 0.15) is 40.2 Å². The monoisotopic (exact) mass is 627 g/mol. The van der Waals surface area contributed by atoms with E-state index in [-0.39, 0.29) is 18.3 Å². The van der Waals surface area contributed by atoms with E-state index < -0.39 is 11.7 Å². The molecule has 244 valence electrons. The van der Waals surface area contributed by atoms with Crippen molar-refractivity contribution in [3.05, 3.63) is 59.9 Å². The summed E-state index contributed by atoms with van der Waals surface area (Å²) >= 11 is 0. The van der Waals surface area contributed by atoms with Crippen molar-refractivity contribution < 1.29 is 15.6 Å². The summed E-state index contributed by atoms with van der Waals surface area (Å²) in [4.78, 5) is 31.4. The van der Waals surface area contributed by atoms with Gasteiger partial charge in [0.1, 0.15) is 17.5 Å². The van der Waals surface area contributed by atoms with Gasteiger partial charge < -0.3 is 24.6 Å². The third-order valence-electron chi connectivity index (χ3n) is 9.36. The van der Waals surface area contributed by atoms with Gasteiger partial charge in [0.05, 0.1) is 24.6 Å². The number of carbonyl (C=O) groups is 1. The molecule has 1 amide bonds. The Labute approximate surface area is 273 Å². The molecule has 11 heteroatoms. The minimum atomic E-state index is -0.541. The highest BCUT2D eigenvalue weighted by Crippen LogP contribution is 2.32. The number of piperazine rings is 2. The van der Waals surface area contributed by atoms with Gasteiger partial charge in [0.15, 0.2) is 0 Å². The van der Waals surface area contributed by atoms with Gasteiger partial charge in [0.2, 0.25) is 0 Å². The third kappa shape index (κ3) is 7.04. The molecule has 11 nitrogen and oxygen atoms in total. The first-order valence-electron chi connectivity index (χ1n) is 16.8.